The number of alkyl halides is 3. The first-order valence-corrected chi connectivity index (χ1v) is 10.8. The molecule has 0 bridgehead atoms. The molecule has 3 rings (SSSR count). The highest BCUT2D eigenvalue weighted by Crippen LogP contribution is 2.39. The van der Waals surface area contributed by atoms with Crippen molar-refractivity contribution in [3.05, 3.63) is 59.8 Å². The number of esters is 1. The van der Waals surface area contributed by atoms with Crippen molar-refractivity contribution in [2.45, 2.75) is 52.4 Å². The molecule has 1 amide bonds. The van der Waals surface area contributed by atoms with Crippen molar-refractivity contribution >= 4 is 28.5 Å². The van der Waals surface area contributed by atoms with Gasteiger partial charge in [0.2, 0.25) is 0 Å². The predicted molar refractivity (Wildman–Crippen MR) is 123 cm³/mol. The van der Waals surface area contributed by atoms with E-state index in [0.29, 0.717) is 24.2 Å². The summed E-state index contributed by atoms with van der Waals surface area (Å²) >= 11 is 0. The molecule has 0 radical (unpaired) electrons. The van der Waals surface area contributed by atoms with Crippen LogP contribution in [0.2, 0.25) is 0 Å². The average Bonchev–Trinajstić information content (AvgIpc) is 3.04. The number of rotatable bonds is 7. The molecule has 0 aliphatic carbocycles. The van der Waals surface area contributed by atoms with Crippen LogP contribution in [-0.2, 0) is 27.3 Å². The van der Waals surface area contributed by atoms with E-state index in [2.05, 4.69) is 0 Å². The summed E-state index contributed by atoms with van der Waals surface area (Å²) in [6.45, 7) is 6.88. The summed E-state index contributed by atoms with van der Waals surface area (Å²) in [6, 6.07) is 14.4. The topological polar surface area (TPSA) is 69.6 Å². The number of hydrogen-bond donors (Lipinski definition) is 1. The number of fused-ring (bicyclic) bond motifs is 1. The Morgan fingerprint density at radius 1 is 1.00 bits per heavy atom. The minimum Gasteiger partial charge on any atom is -0.481 e. The van der Waals surface area contributed by atoms with Crippen LogP contribution in [0.1, 0.15) is 39.0 Å². The van der Waals surface area contributed by atoms with Gasteiger partial charge in [-0.1, -0.05) is 43.3 Å². The van der Waals surface area contributed by atoms with Crippen molar-refractivity contribution in [3.8, 4) is 5.75 Å². The highest BCUT2D eigenvalue weighted by atomic mass is 19.4. The summed E-state index contributed by atoms with van der Waals surface area (Å²) in [6.07, 6.45) is -4.72. The van der Waals surface area contributed by atoms with E-state index >= 15 is 0 Å². The molecule has 1 aromatic heterocycles. The fourth-order valence-electron chi connectivity index (χ4n) is 3.68. The lowest BCUT2D eigenvalue weighted by Crippen LogP contribution is -2.30. The Kier molecular flexibility index (Phi) is 7.24. The minimum absolute atomic E-state index is 0.00976. The van der Waals surface area contributed by atoms with Gasteiger partial charge in [0.25, 0.3) is 0 Å². The van der Waals surface area contributed by atoms with E-state index in [1.807, 2.05) is 40.2 Å². The number of benzene rings is 2. The summed E-state index contributed by atoms with van der Waals surface area (Å²) in [4.78, 5) is 24.0. The Balaban J connectivity index is 2.10. The van der Waals surface area contributed by atoms with Crippen LogP contribution in [0.5, 0.6) is 5.75 Å². The van der Waals surface area contributed by atoms with E-state index in [4.69, 9.17) is 9.47 Å². The Hall–Kier alpha value is -3.49. The van der Waals surface area contributed by atoms with Crippen LogP contribution in [0.25, 0.3) is 10.9 Å². The molecular weight excluding hydrogens is 449 g/mol. The first kappa shape index (κ1) is 25.1. The number of hydrogen-bond acceptors (Lipinski definition) is 4. The third-order valence-corrected chi connectivity index (χ3v) is 4.94. The number of carbonyl (C=O) groups is 2. The smallest absolute Gasteiger partial charge is 0.471 e. The zero-order valence-electron chi connectivity index (χ0n) is 19.5. The Bertz CT molecular complexity index is 1180. The van der Waals surface area contributed by atoms with Crippen LogP contribution in [0, 0.1) is 0 Å². The molecule has 0 aliphatic rings. The molecule has 0 atom stereocenters. The second-order valence-corrected chi connectivity index (χ2v) is 8.72. The zero-order chi connectivity index (χ0) is 25.1. The van der Waals surface area contributed by atoms with Crippen molar-refractivity contribution in [2.24, 2.45) is 0 Å². The van der Waals surface area contributed by atoms with Gasteiger partial charge >= 0.3 is 18.1 Å². The summed E-state index contributed by atoms with van der Waals surface area (Å²) in [5, 5.41) is 2.32. The van der Waals surface area contributed by atoms with Gasteiger partial charge in [-0.3, -0.25) is 4.79 Å². The van der Waals surface area contributed by atoms with Crippen molar-refractivity contribution < 1.29 is 32.2 Å². The monoisotopic (exact) mass is 476 g/mol. The fourth-order valence-corrected chi connectivity index (χ4v) is 3.68. The first-order chi connectivity index (χ1) is 15.9. The van der Waals surface area contributed by atoms with E-state index in [-0.39, 0.29) is 16.8 Å². The maximum absolute atomic E-state index is 13.1. The van der Waals surface area contributed by atoms with Gasteiger partial charge in [-0.2, -0.15) is 13.2 Å². The number of nitrogens with zero attached hydrogens (tertiary/aromatic N) is 1. The molecule has 2 aromatic carbocycles. The molecular formula is C25H27F3N2O4. The van der Waals surface area contributed by atoms with Gasteiger partial charge in [-0.05, 0) is 44.9 Å². The van der Waals surface area contributed by atoms with Crippen LogP contribution in [0.3, 0.4) is 0 Å². The maximum Gasteiger partial charge on any atom is 0.471 e. The largest absolute Gasteiger partial charge is 0.481 e. The molecule has 0 fully saturated rings. The van der Waals surface area contributed by atoms with Crippen molar-refractivity contribution in [3.63, 3.8) is 0 Å². The summed E-state index contributed by atoms with van der Waals surface area (Å²) < 4.78 is 52.1. The Morgan fingerprint density at radius 3 is 2.26 bits per heavy atom. The summed E-state index contributed by atoms with van der Waals surface area (Å²) in [5.41, 5.74) is 1.30. The number of amides is 1. The van der Waals surface area contributed by atoms with Gasteiger partial charge in [-0.25, -0.2) is 4.79 Å². The Morgan fingerprint density at radius 2 is 1.68 bits per heavy atom. The third-order valence-electron chi connectivity index (χ3n) is 4.94. The number of carbonyl (C=O) groups excluding carboxylic acids is 2. The van der Waals surface area contributed by atoms with Crippen LogP contribution < -0.4 is 10.1 Å². The molecule has 3 aromatic rings. The molecule has 0 saturated carbocycles. The number of aromatic nitrogens is 1. The van der Waals surface area contributed by atoms with Crippen LogP contribution in [0.15, 0.2) is 48.5 Å². The molecule has 0 unspecified atom stereocenters. The quantitative estimate of drug-likeness (QED) is 0.459. The molecule has 34 heavy (non-hydrogen) atoms. The number of anilines is 1. The van der Waals surface area contributed by atoms with E-state index in [9.17, 15) is 22.8 Å². The molecule has 1 heterocycles. The second kappa shape index (κ2) is 9.79. The van der Waals surface area contributed by atoms with Gasteiger partial charge in [-0.15, -0.1) is 0 Å². The number of halogens is 3. The molecule has 1 N–H and O–H groups in total. The summed E-state index contributed by atoms with van der Waals surface area (Å²) in [7, 11) is 0. The fraction of sp³-hybridized carbons (Fsp3) is 0.360. The molecule has 0 spiro atoms. The first-order valence-electron chi connectivity index (χ1n) is 10.8. The Labute approximate surface area is 195 Å². The molecule has 0 aliphatic heterocycles. The average molecular weight is 476 g/mol. The van der Waals surface area contributed by atoms with Gasteiger partial charge < -0.3 is 19.4 Å². The number of ether oxygens (including phenoxy) is 2. The van der Waals surface area contributed by atoms with E-state index in [1.54, 1.807) is 45.9 Å². The van der Waals surface area contributed by atoms with E-state index in [0.717, 1.165) is 5.56 Å². The lowest BCUT2D eigenvalue weighted by Gasteiger charge is -2.19. The number of nitrogens with one attached hydrogen (secondary N) is 1. The van der Waals surface area contributed by atoms with Gasteiger partial charge in [0.05, 0.1) is 16.6 Å². The third kappa shape index (κ3) is 5.89. The van der Waals surface area contributed by atoms with Crippen molar-refractivity contribution in [2.75, 3.05) is 11.9 Å². The predicted octanol–water partition coefficient (Wildman–Crippen LogP) is 5.47. The normalized spacial score (nSPS) is 12.0. The maximum atomic E-state index is 13.1. The van der Waals surface area contributed by atoms with Gasteiger partial charge in [0.15, 0.2) is 6.61 Å². The standard InChI is InChI=1S/C25H27F3N2O4/c1-5-17-22(29-23(32)25(26,27)28)21-18(30(17)14-16-10-7-6-8-11-16)12-9-13-19(21)33-15-20(31)34-24(2,3)4/h6-13H,5,14-15H2,1-4H3,(H,29,32). The van der Waals surface area contributed by atoms with E-state index in [1.165, 1.54) is 0 Å². The van der Waals surface area contributed by atoms with Crippen molar-refractivity contribution in [1.82, 2.24) is 4.57 Å². The molecule has 6 nitrogen and oxygen atoms in total. The lowest BCUT2D eigenvalue weighted by molar-refractivity contribution is -0.167. The van der Waals surface area contributed by atoms with Crippen LogP contribution in [0.4, 0.5) is 18.9 Å². The zero-order valence-corrected chi connectivity index (χ0v) is 19.5. The molecule has 182 valence electrons. The molecule has 9 heteroatoms. The molecule has 0 saturated heterocycles. The van der Waals surface area contributed by atoms with Crippen molar-refractivity contribution in [1.29, 1.82) is 0 Å². The van der Waals surface area contributed by atoms with Gasteiger partial charge in [0, 0.05) is 12.2 Å². The lowest BCUT2D eigenvalue weighted by atomic mass is 10.2. The highest BCUT2D eigenvalue weighted by Gasteiger charge is 2.40. The SMILES string of the molecule is CCc1c(NC(=O)C(F)(F)F)c2c(OCC(=O)OC(C)(C)C)cccc2n1Cc1ccccc1. The highest BCUT2D eigenvalue weighted by molar-refractivity contribution is 6.07. The van der Waals surface area contributed by atoms with Crippen LogP contribution in [-0.4, -0.2) is 34.8 Å². The minimum atomic E-state index is -5.06. The van der Waals surface area contributed by atoms with Gasteiger partial charge in [0.1, 0.15) is 11.4 Å². The van der Waals surface area contributed by atoms with E-state index < -0.39 is 30.3 Å². The summed E-state index contributed by atoms with van der Waals surface area (Å²) in [5.74, 6) is -2.53. The van der Waals surface area contributed by atoms with Crippen LogP contribution >= 0.6 is 0 Å². The second-order valence-electron chi connectivity index (χ2n) is 8.72.